The number of benzene rings is 1. The molecule has 7 nitrogen and oxygen atoms in total. The third-order valence-corrected chi connectivity index (χ3v) is 3.73. The average molecular weight is 352 g/mol. The second kappa shape index (κ2) is 7.71. The van der Waals surface area contributed by atoms with E-state index in [4.69, 9.17) is 14.7 Å². The standard InChI is InChI=1S/C19H20N4O3/c1-5-25-18(24)11-23(13(2)22-12-21)16-9-19(3,4)26-17-7-6-14(10-20)8-15(16)17/h6-9H,5,11H2,1-4H3. The highest BCUT2D eigenvalue weighted by atomic mass is 16.5. The van der Waals surface area contributed by atoms with Crippen LogP contribution in [0.4, 0.5) is 0 Å². The van der Waals surface area contributed by atoms with E-state index in [0.717, 1.165) is 0 Å². The molecule has 0 radical (unpaired) electrons. The number of ether oxygens (including phenoxy) is 2. The van der Waals surface area contributed by atoms with Crippen LogP contribution in [0, 0.1) is 22.8 Å². The van der Waals surface area contributed by atoms with Gasteiger partial charge in [0.05, 0.1) is 23.9 Å². The second-order valence-electron chi connectivity index (χ2n) is 6.21. The van der Waals surface area contributed by atoms with Gasteiger partial charge in [-0.3, -0.25) is 4.79 Å². The van der Waals surface area contributed by atoms with Crippen molar-refractivity contribution in [3.8, 4) is 18.0 Å². The number of carbonyl (C=O) groups excluding carboxylic acids is 1. The van der Waals surface area contributed by atoms with Crippen molar-refractivity contribution >= 4 is 17.5 Å². The number of nitriles is 2. The predicted octanol–water partition coefficient (Wildman–Crippen LogP) is 2.83. The molecule has 0 atom stereocenters. The fraction of sp³-hybridized carbons (Fsp3) is 0.368. The van der Waals surface area contributed by atoms with Crippen molar-refractivity contribution in [2.75, 3.05) is 13.2 Å². The van der Waals surface area contributed by atoms with Crippen LogP contribution in [0.1, 0.15) is 38.8 Å². The largest absolute Gasteiger partial charge is 0.483 e. The summed E-state index contributed by atoms with van der Waals surface area (Å²) in [5.74, 6) is 0.492. The summed E-state index contributed by atoms with van der Waals surface area (Å²) in [6.07, 6.45) is 3.58. The Bertz CT molecular complexity index is 857. The van der Waals surface area contributed by atoms with E-state index in [2.05, 4.69) is 11.1 Å². The molecule has 0 spiro atoms. The molecule has 0 aromatic heterocycles. The summed E-state index contributed by atoms with van der Waals surface area (Å²) in [6, 6.07) is 7.18. The van der Waals surface area contributed by atoms with Gasteiger partial charge in [0.2, 0.25) is 6.19 Å². The Hall–Kier alpha value is -3.32. The Morgan fingerprint density at radius 2 is 2.12 bits per heavy atom. The van der Waals surface area contributed by atoms with Gasteiger partial charge in [-0.15, -0.1) is 0 Å². The molecule has 134 valence electrons. The first-order valence-corrected chi connectivity index (χ1v) is 8.14. The second-order valence-corrected chi connectivity index (χ2v) is 6.21. The molecule has 2 rings (SSSR count). The number of nitrogens with zero attached hydrogens (tertiary/aromatic N) is 4. The fourth-order valence-corrected chi connectivity index (χ4v) is 2.67. The van der Waals surface area contributed by atoms with Crippen LogP contribution in [0.2, 0.25) is 0 Å². The van der Waals surface area contributed by atoms with Crippen LogP contribution in [0.15, 0.2) is 29.3 Å². The van der Waals surface area contributed by atoms with Gasteiger partial charge in [0, 0.05) is 5.56 Å². The maximum atomic E-state index is 12.1. The maximum absolute atomic E-state index is 12.1. The summed E-state index contributed by atoms with van der Waals surface area (Å²) in [6.45, 7) is 7.27. The van der Waals surface area contributed by atoms with Gasteiger partial charge < -0.3 is 14.4 Å². The number of rotatable bonds is 4. The summed E-state index contributed by atoms with van der Waals surface area (Å²) >= 11 is 0. The molecule has 26 heavy (non-hydrogen) atoms. The molecule has 0 bridgehead atoms. The minimum atomic E-state index is -0.643. The third kappa shape index (κ3) is 4.20. The van der Waals surface area contributed by atoms with Gasteiger partial charge in [-0.2, -0.15) is 15.5 Å². The first-order valence-electron chi connectivity index (χ1n) is 8.14. The van der Waals surface area contributed by atoms with Gasteiger partial charge in [-0.25, -0.2) is 0 Å². The van der Waals surface area contributed by atoms with Crippen LogP contribution in [-0.4, -0.2) is 35.5 Å². The minimum absolute atomic E-state index is 0.108. The van der Waals surface area contributed by atoms with E-state index in [-0.39, 0.29) is 13.2 Å². The Morgan fingerprint density at radius 1 is 1.38 bits per heavy atom. The van der Waals surface area contributed by atoms with E-state index in [1.165, 1.54) is 0 Å². The molecule has 1 aromatic carbocycles. The Labute approximate surface area is 152 Å². The van der Waals surface area contributed by atoms with Crippen LogP contribution >= 0.6 is 0 Å². The minimum Gasteiger partial charge on any atom is -0.483 e. The molecule has 0 unspecified atom stereocenters. The first-order chi connectivity index (χ1) is 12.3. The maximum Gasteiger partial charge on any atom is 0.326 e. The van der Waals surface area contributed by atoms with Crippen LogP contribution in [0.3, 0.4) is 0 Å². The van der Waals surface area contributed by atoms with E-state index >= 15 is 0 Å². The van der Waals surface area contributed by atoms with Gasteiger partial charge >= 0.3 is 5.97 Å². The molecule has 1 aliphatic rings. The lowest BCUT2D eigenvalue weighted by atomic mass is 9.96. The summed E-state index contributed by atoms with van der Waals surface area (Å²) in [5, 5.41) is 18.1. The number of carbonyl (C=O) groups is 1. The highest BCUT2D eigenvalue weighted by Gasteiger charge is 2.31. The van der Waals surface area contributed by atoms with Crippen molar-refractivity contribution in [3.63, 3.8) is 0 Å². The molecule has 0 saturated carbocycles. The average Bonchev–Trinajstić information content (AvgIpc) is 2.58. The number of esters is 1. The smallest absolute Gasteiger partial charge is 0.326 e. The summed E-state index contributed by atoms with van der Waals surface area (Å²) in [5.41, 5.74) is 1.11. The highest BCUT2D eigenvalue weighted by Crippen LogP contribution is 2.38. The quantitative estimate of drug-likeness (QED) is 0.358. The van der Waals surface area contributed by atoms with E-state index in [1.807, 2.05) is 19.9 Å². The zero-order chi connectivity index (χ0) is 19.3. The van der Waals surface area contributed by atoms with Gasteiger partial charge in [-0.05, 0) is 52.0 Å². The molecule has 1 heterocycles. The Balaban J connectivity index is 2.60. The van der Waals surface area contributed by atoms with Crippen molar-refractivity contribution in [3.05, 3.63) is 35.4 Å². The lowest BCUT2D eigenvalue weighted by Gasteiger charge is -2.35. The van der Waals surface area contributed by atoms with Gasteiger partial charge in [0.1, 0.15) is 23.7 Å². The third-order valence-electron chi connectivity index (χ3n) is 3.73. The SMILES string of the molecule is CCOC(=O)CN(C1=CC(C)(C)Oc2ccc(C#N)cc21)C(C)=NC#N. The van der Waals surface area contributed by atoms with E-state index < -0.39 is 11.6 Å². The zero-order valence-corrected chi connectivity index (χ0v) is 15.2. The molecule has 1 aliphatic heterocycles. The van der Waals surface area contributed by atoms with Crippen LogP contribution in [0.25, 0.3) is 5.70 Å². The zero-order valence-electron chi connectivity index (χ0n) is 15.2. The number of amidine groups is 1. The summed E-state index contributed by atoms with van der Waals surface area (Å²) in [7, 11) is 0. The monoisotopic (exact) mass is 352 g/mol. The van der Waals surface area contributed by atoms with Crippen molar-refractivity contribution < 1.29 is 14.3 Å². The molecular formula is C19H20N4O3. The van der Waals surface area contributed by atoms with E-state index in [0.29, 0.717) is 28.4 Å². The van der Waals surface area contributed by atoms with Gasteiger partial charge in [-0.1, -0.05) is 0 Å². The number of aliphatic imine (C=N–C) groups is 1. The van der Waals surface area contributed by atoms with Crippen LogP contribution < -0.4 is 4.74 Å². The van der Waals surface area contributed by atoms with Gasteiger partial charge in [0.15, 0.2) is 0 Å². The molecule has 0 saturated heterocycles. The lowest BCUT2D eigenvalue weighted by molar-refractivity contribution is -0.142. The Kier molecular flexibility index (Phi) is 5.64. The Morgan fingerprint density at radius 3 is 2.73 bits per heavy atom. The van der Waals surface area contributed by atoms with Crippen molar-refractivity contribution in [2.45, 2.75) is 33.3 Å². The van der Waals surface area contributed by atoms with Crippen molar-refractivity contribution in [2.24, 2.45) is 4.99 Å². The molecule has 0 aliphatic carbocycles. The lowest BCUT2D eigenvalue weighted by Crippen LogP contribution is -2.38. The highest BCUT2D eigenvalue weighted by molar-refractivity contribution is 5.94. The van der Waals surface area contributed by atoms with Crippen molar-refractivity contribution in [1.29, 1.82) is 10.5 Å². The van der Waals surface area contributed by atoms with Crippen molar-refractivity contribution in [1.82, 2.24) is 4.90 Å². The number of hydrogen-bond acceptors (Lipinski definition) is 6. The molecule has 0 N–H and O–H groups in total. The first kappa shape index (κ1) is 19.0. The van der Waals surface area contributed by atoms with E-state index in [9.17, 15) is 10.1 Å². The summed E-state index contributed by atoms with van der Waals surface area (Å²) < 4.78 is 11.0. The van der Waals surface area contributed by atoms with Crippen LogP contribution in [-0.2, 0) is 9.53 Å². The molecule has 0 fully saturated rings. The summed E-state index contributed by atoms with van der Waals surface area (Å²) in [4.78, 5) is 17.5. The molecular weight excluding hydrogens is 332 g/mol. The fourth-order valence-electron chi connectivity index (χ4n) is 2.67. The van der Waals surface area contributed by atoms with Crippen LogP contribution in [0.5, 0.6) is 5.75 Å². The number of hydrogen-bond donors (Lipinski definition) is 0. The topological polar surface area (TPSA) is 98.7 Å². The molecule has 0 amide bonds. The van der Waals surface area contributed by atoms with Gasteiger partial charge in [0.25, 0.3) is 0 Å². The molecule has 1 aromatic rings. The van der Waals surface area contributed by atoms with E-state index in [1.54, 1.807) is 43.1 Å². The number of fused-ring (bicyclic) bond motifs is 1. The normalized spacial score (nSPS) is 14.8. The molecule has 7 heteroatoms. The predicted molar refractivity (Wildman–Crippen MR) is 95.9 cm³/mol.